The van der Waals surface area contributed by atoms with Crippen LogP contribution in [-0.4, -0.2) is 17.8 Å². The number of nitrogens with zero attached hydrogens (tertiary/aromatic N) is 1. The van der Waals surface area contributed by atoms with Crippen LogP contribution in [0.25, 0.3) is 0 Å². The maximum absolute atomic E-state index is 3.40. The van der Waals surface area contributed by atoms with Crippen LogP contribution in [0, 0.1) is 33.8 Å². The van der Waals surface area contributed by atoms with Crippen LogP contribution >= 0.6 is 0 Å². The Kier molecular flexibility index (Phi) is 5.91. The van der Waals surface area contributed by atoms with Crippen molar-refractivity contribution >= 4 is 11.9 Å². The van der Waals surface area contributed by atoms with Gasteiger partial charge in [0.25, 0.3) is 0 Å². The summed E-state index contributed by atoms with van der Waals surface area (Å²) >= 11 is 0. The van der Waals surface area contributed by atoms with Crippen LogP contribution in [0.1, 0.15) is 29.2 Å². The second kappa shape index (κ2) is 5.91. The predicted molar refractivity (Wildman–Crippen MR) is 60.8 cm³/mol. The molecule has 1 aromatic carbocycles. The average molecular weight is 277 g/mol. The van der Waals surface area contributed by atoms with Crippen molar-refractivity contribution in [3.63, 3.8) is 0 Å². The Morgan fingerprint density at radius 1 is 1.00 bits per heavy atom. The Morgan fingerprint density at radius 2 is 1.53 bits per heavy atom. The molecule has 0 fully saturated rings. The van der Waals surface area contributed by atoms with Crippen molar-refractivity contribution in [2.24, 2.45) is 0 Å². The van der Waals surface area contributed by atoms with Crippen molar-refractivity contribution < 1.29 is 37.3 Å². The summed E-state index contributed by atoms with van der Waals surface area (Å²) in [6, 6.07) is 3.40. The van der Waals surface area contributed by atoms with E-state index in [4.69, 9.17) is 0 Å². The molecule has 0 saturated heterocycles. The number of hydrogen-bond donors (Lipinski definition) is 0. The van der Waals surface area contributed by atoms with E-state index in [-0.39, 0.29) is 32.7 Å². The first-order valence-corrected chi connectivity index (χ1v) is 4.89. The van der Waals surface area contributed by atoms with Crippen LogP contribution in [0.5, 0.6) is 0 Å². The Morgan fingerprint density at radius 3 is 2.00 bits per heavy atom. The number of rotatable bonds is 1. The molecule has 0 spiro atoms. The molecule has 0 amide bonds. The molecule has 1 rings (SSSR count). The molecule has 0 aliphatic heterocycles. The molecule has 0 aliphatic carbocycles. The summed E-state index contributed by atoms with van der Waals surface area (Å²) in [5.74, 6) is 0. The standard InChI is InChI=1S/C13H18N.Y/c1-7-14(6)13-8-9(2)10(3)11(4)12(13)5;/h1-6H3;/q-1;. The van der Waals surface area contributed by atoms with Crippen molar-refractivity contribution in [3.05, 3.63) is 28.3 Å². The largest absolute Gasteiger partial charge is 0.388 e. The van der Waals surface area contributed by atoms with Gasteiger partial charge in [-0.1, -0.05) is 40.3 Å². The summed E-state index contributed by atoms with van der Waals surface area (Å²) in [7, 11) is 2.01. The molecular weight excluding hydrogens is 259 g/mol. The van der Waals surface area contributed by atoms with Gasteiger partial charge in [0.2, 0.25) is 0 Å². The Labute approximate surface area is 118 Å². The first-order chi connectivity index (χ1) is 6.49. The van der Waals surface area contributed by atoms with Crippen LogP contribution < -0.4 is 0 Å². The molecule has 1 aromatic rings. The van der Waals surface area contributed by atoms with Crippen LogP contribution in [-0.2, 0) is 32.7 Å². The molecule has 0 saturated carbocycles. The minimum absolute atomic E-state index is 0. The molecule has 15 heavy (non-hydrogen) atoms. The van der Waals surface area contributed by atoms with Crippen LogP contribution in [0.2, 0.25) is 0 Å². The maximum Gasteiger partial charge on any atom is 0.103 e. The predicted octanol–water partition coefficient (Wildman–Crippen LogP) is 2.96. The summed E-state index contributed by atoms with van der Waals surface area (Å²) in [5, 5.41) is 0. The van der Waals surface area contributed by atoms with Gasteiger partial charge in [-0.25, -0.2) is 6.07 Å². The van der Waals surface area contributed by atoms with Gasteiger partial charge in [0.1, 0.15) is 7.05 Å². The van der Waals surface area contributed by atoms with Crippen LogP contribution in [0.15, 0.2) is 0 Å². The van der Waals surface area contributed by atoms with Gasteiger partial charge in [-0.2, -0.15) is 22.3 Å². The zero-order valence-corrected chi connectivity index (χ0v) is 13.4. The van der Waals surface area contributed by atoms with E-state index in [1.54, 1.807) is 0 Å². The van der Waals surface area contributed by atoms with Gasteiger partial charge in [-0.15, -0.1) is 0 Å². The van der Waals surface area contributed by atoms with E-state index in [2.05, 4.69) is 40.0 Å². The summed E-state index contributed by atoms with van der Waals surface area (Å²) in [5.41, 5.74) is 6.36. The number of aryl methyl sites for hydroxylation is 1. The topological polar surface area (TPSA) is 3.01 Å². The third-order valence-electron chi connectivity index (χ3n) is 3.02. The van der Waals surface area contributed by atoms with E-state index in [9.17, 15) is 0 Å². The molecule has 2 heteroatoms. The average Bonchev–Trinajstić information content (AvgIpc) is 2.19. The van der Waals surface area contributed by atoms with Gasteiger partial charge in [0, 0.05) is 38.9 Å². The van der Waals surface area contributed by atoms with Crippen molar-refractivity contribution in [2.75, 3.05) is 7.05 Å². The quantitative estimate of drug-likeness (QED) is 0.422. The van der Waals surface area contributed by atoms with E-state index >= 15 is 0 Å². The molecule has 0 N–H and O–H groups in total. The van der Waals surface area contributed by atoms with E-state index in [0.29, 0.717) is 0 Å². The van der Waals surface area contributed by atoms with E-state index in [1.807, 2.05) is 18.5 Å². The molecule has 1 radical (unpaired) electrons. The number of benzene rings is 1. The van der Waals surface area contributed by atoms with Crippen LogP contribution in [0.3, 0.4) is 0 Å². The maximum atomic E-state index is 3.40. The molecule has 0 atom stereocenters. The molecule has 79 valence electrons. The van der Waals surface area contributed by atoms with Gasteiger partial charge in [-0.05, 0) is 0 Å². The Hall–Kier alpha value is -0.00610. The SMILES string of the molecule is C[C-]=[N+](C)c1[c-]c(C)c(C)c(C)c1C.[Y]. The van der Waals surface area contributed by atoms with Crippen molar-refractivity contribution in [3.8, 4) is 0 Å². The monoisotopic (exact) mass is 277 g/mol. The minimum atomic E-state index is 0. The smallest absolute Gasteiger partial charge is 0.103 e. The normalized spacial score (nSPS) is 11.2. The van der Waals surface area contributed by atoms with Gasteiger partial charge < -0.3 is 4.58 Å². The zero-order chi connectivity index (χ0) is 10.9. The molecular formula is C13H18NY-. The fourth-order valence-electron chi connectivity index (χ4n) is 1.55. The van der Waals surface area contributed by atoms with Gasteiger partial charge in [0.05, 0.1) is 0 Å². The minimum Gasteiger partial charge on any atom is -0.388 e. The zero-order valence-electron chi connectivity index (χ0n) is 10.5. The summed E-state index contributed by atoms with van der Waals surface area (Å²) in [4.78, 5) is 0. The van der Waals surface area contributed by atoms with E-state index in [0.717, 1.165) is 5.69 Å². The Balaban J connectivity index is 0.00000196. The molecule has 0 bridgehead atoms. The summed E-state index contributed by atoms with van der Waals surface area (Å²) < 4.78 is 1.99. The third-order valence-corrected chi connectivity index (χ3v) is 3.02. The number of hydrogen-bond acceptors (Lipinski definition) is 0. The van der Waals surface area contributed by atoms with Crippen molar-refractivity contribution in [2.45, 2.75) is 34.6 Å². The van der Waals surface area contributed by atoms with E-state index in [1.165, 1.54) is 22.3 Å². The molecule has 0 unspecified atom stereocenters. The second-order valence-corrected chi connectivity index (χ2v) is 3.76. The van der Waals surface area contributed by atoms with E-state index < -0.39 is 0 Å². The van der Waals surface area contributed by atoms with Gasteiger partial charge >= 0.3 is 0 Å². The van der Waals surface area contributed by atoms with Crippen molar-refractivity contribution in [1.82, 2.24) is 0 Å². The van der Waals surface area contributed by atoms with Gasteiger partial charge in [0.15, 0.2) is 0 Å². The first kappa shape index (κ1) is 15.0. The van der Waals surface area contributed by atoms with Gasteiger partial charge in [-0.3, -0.25) is 0 Å². The summed E-state index contributed by atoms with van der Waals surface area (Å²) in [6.45, 7) is 10.5. The first-order valence-electron chi connectivity index (χ1n) is 4.89. The summed E-state index contributed by atoms with van der Waals surface area (Å²) in [6.07, 6.45) is 3.10. The molecule has 1 nitrogen and oxygen atoms in total. The van der Waals surface area contributed by atoms with Crippen LogP contribution in [0.4, 0.5) is 5.69 Å². The third kappa shape index (κ3) is 2.98. The molecule has 0 aromatic heterocycles. The Bertz CT molecular complexity index is 392. The fourth-order valence-corrected chi connectivity index (χ4v) is 1.55. The molecule has 0 heterocycles. The fraction of sp³-hybridized carbons (Fsp3) is 0.462. The second-order valence-electron chi connectivity index (χ2n) is 3.76. The molecule has 0 aliphatic rings. The van der Waals surface area contributed by atoms with Crippen molar-refractivity contribution in [1.29, 1.82) is 0 Å².